The van der Waals surface area contributed by atoms with Crippen molar-refractivity contribution in [1.82, 2.24) is 15.3 Å². The number of amides is 1. The number of hydrogen-bond acceptors (Lipinski definition) is 3. The molecule has 0 radical (unpaired) electrons. The van der Waals surface area contributed by atoms with Gasteiger partial charge in [0.1, 0.15) is 6.33 Å². The largest absolute Gasteiger partial charge is 0.350 e. The lowest BCUT2D eigenvalue weighted by molar-refractivity contribution is -0.120. The van der Waals surface area contributed by atoms with Crippen molar-refractivity contribution in [3.05, 3.63) is 24.3 Å². The minimum Gasteiger partial charge on any atom is -0.350 e. The van der Waals surface area contributed by atoms with E-state index in [9.17, 15) is 4.79 Å². The minimum absolute atomic E-state index is 0. The SMILES string of the molecule is CCC(=O)NCc1ccncn1.[HH]. The first-order valence-corrected chi connectivity index (χ1v) is 3.84. The van der Waals surface area contributed by atoms with Crippen molar-refractivity contribution in [2.45, 2.75) is 19.9 Å². The molecule has 4 nitrogen and oxygen atoms in total. The Bertz CT molecular complexity index is 253. The van der Waals surface area contributed by atoms with Gasteiger partial charge in [-0.1, -0.05) is 6.92 Å². The predicted octanol–water partition coefficient (Wildman–Crippen LogP) is 0.749. The maximum absolute atomic E-state index is 10.8. The Kier molecular flexibility index (Phi) is 3.19. The van der Waals surface area contributed by atoms with Crippen LogP contribution in [0, 0.1) is 0 Å². The van der Waals surface area contributed by atoms with E-state index in [1.54, 1.807) is 12.3 Å². The molecule has 0 saturated carbocycles. The standard InChI is InChI=1S/C8H11N3O.H2/c1-2-8(12)10-5-7-3-4-9-6-11-7;/h3-4,6H,2,5H2,1H3,(H,10,12);1H. The molecule has 0 aliphatic rings. The maximum Gasteiger partial charge on any atom is 0.220 e. The van der Waals surface area contributed by atoms with Gasteiger partial charge in [-0.25, -0.2) is 9.97 Å². The zero-order valence-electron chi connectivity index (χ0n) is 6.95. The average molecular weight is 167 g/mol. The van der Waals surface area contributed by atoms with Gasteiger partial charge in [0.15, 0.2) is 0 Å². The molecule has 0 fully saturated rings. The fourth-order valence-electron chi connectivity index (χ4n) is 0.737. The summed E-state index contributed by atoms with van der Waals surface area (Å²) in [6.45, 7) is 2.30. The molecule has 0 spiro atoms. The number of aromatic nitrogens is 2. The van der Waals surface area contributed by atoms with Gasteiger partial charge >= 0.3 is 0 Å². The second kappa shape index (κ2) is 4.43. The van der Waals surface area contributed by atoms with E-state index in [4.69, 9.17) is 0 Å². The summed E-state index contributed by atoms with van der Waals surface area (Å²) in [5, 5.41) is 2.72. The van der Waals surface area contributed by atoms with Crippen molar-refractivity contribution in [3.63, 3.8) is 0 Å². The lowest BCUT2D eigenvalue weighted by Crippen LogP contribution is -2.21. The molecule has 1 N–H and O–H groups in total. The van der Waals surface area contributed by atoms with Crippen LogP contribution in [-0.2, 0) is 11.3 Å². The summed E-state index contributed by atoms with van der Waals surface area (Å²) in [7, 11) is 0. The highest BCUT2D eigenvalue weighted by Gasteiger charge is 1.96. The first kappa shape index (κ1) is 8.64. The van der Waals surface area contributed by atoms with Crippen molar-refractivity contribution in [2.24, 2.45) is 0 Å². The van der Waals surface area contributed by atoms with E-state index >= 15 is 0 Å². The summed E-state index contributed by atoms with van der Waals surface area (Å²) >= 11 is 0. The van der Waals surface area contributed by atoms with E-state index in [2.05, 4.69) is 15.3 Å². The molecule has 66 valence electrons. The number of nitrogens with one attached hydrogen (secondary N) is 1. The monoisotopic (exact) mass is 167 g/mol. The summed E-state index contributed by atoms with van der Waals surface area (Å²) in [4.78, 5) is 18.6. The molecule has 1 aromatic heterocycles. The van der Waals surface area contributed by atoms with E-state index in [1.807, 2.05) is 6.92 Å². The van der Waals surface area contributed by atoms with Gasteiger partial charge in [-0.2, -0.15) is 0 Å². The number of carbonyl (C=O) groups is 1. The fraction of sp³-hybridized carbons (Fsp3) is 0.375. The number of nitrogens with zero attached hydrogens (tertiary/aromatic N) is 2. The molecule has 0 saturated heterocycles. The Morgan fingerprint density at radius 1 is 1.75 bits per heavy atom. The van der Waals surface area contributed by atoms with E-state index < -0.39 is 0 Å². The van der Waals surface area contributed by atoms with Gasteiger partial charge in [-0.05, 0) is 6.07 Å². The van der Waals surface area contributed by atoms with Crippen LogP contribution in [0.15, 0.2) is 18.6 Å². The Morgan fingerprint density at radius 3 is 3.17 bits per heavy atom. The quantitative estimate of drug-likeness (QED) is 0.722. The van der Waals surface area contributed by atoms with Gasteiger partial charge in [-0.15, -0.1) is 0 Å². The first-order valence-electron chi connectivity index (χ1n) is 3.84. The van der Waals surface area contributed by atoms with Crippen LogP contribution in [0.25, 0.3) is 0 Å². The molecule has 1 rings (SSSR count). The summed E-state index contributed by atoms with van der Waals surface area (Å²) in [5.74, 6) is 0.0358. The van der Waals surface area contributed by atoms with Crippen LogP contribution in [0.2, 0.25) is 0 Å². The number of hydrogen-bond donors (Lipinski definition) is 1. The molecule has 1 heterocycles. The molecule has 4 heteroatoms. The lowest BCUT2D eigenvalue weighted by Gasteiger charge is -2.00. The van der Waals surface area contributed by atoms with E-state index in [0.29, 0.717) is 13.0 Å². The zero-order chi connectivity index (χ0) is 8.81. The lowest BCUT2D eigenvalue weighted by atomic mass is 10.4. The molecule has 0 bridgehead atoms. The summed E-state index contributed by atoms with van der Waals surface area (Å²) in [5.41, 5.74) is 0.826. The summed E-state index contributed by atoms with van der Waals surface area (Å²) in [6, 6.07) is 1.77. The minimum atomic E-state index is 0. The predicted molar refractivity (Wildman–Crippen MR) is 46.3 cm³/mol. The van der Waals surface area contributed by atoms with Gasteiger partial charge in [0, 0.05) is 14.0 Å². The third-order valence-electron chi connectivity index (χ3n) is 1.43. The second-order valence-corrected chi connectivity index (χ2v) is 2.33. The van der Waals surface area contributed by atoms with Gasteiger partial charge in [0.2, 0.25) is 5.91 Å². The first-order chi connectivity index (χ1) is 5.83. The molecular formula is C8H13N3O. The summed E-state index contributed by atoms with van der Waals surface area (Å²) < 4.78 is 0. The number of carbonyl (C=O) groups excluding carboxylic acids is 1. The van der Waals surface area contributed by atoms with Gasteiger partial charge in [0.25, 0.3) is 0 Å². The molecule has 1 aromatic rings. The smallest absolute Gasteiger partial charge is 0.220 e. The van der Waals surface area contributed by atoms with Crippen molar-refractivity contribution in [3.8, 4) is 0 Å². The third-order valence-corrected chi connectivity index (χ3v) is 1.43. The molecule has 0 atom stereocenters. The van der Waals surface area contributed by atoms with Crippen LogP contribution in [0.5, 0.6) is 0 Å². The topological polar surface area (TPSA) is 54.9 Å². The second-order valence-electron chi connectivity index (χ2n) is 2.33. The van der Waals surface area contributed by atoms with Crippen LogP contribution in [0.3, 0.4) is 0 Å². The van der Waals surface area contributed by atoms with Crippen molar-refractivity contribution >= 4 is 5.91 Å². The van der Waals surface area contributed by atoms with Crippen LogP contribution in [0.4, 0.5) is 0 Å². The molecule has 0 aliphatic carbocycles. The van der Waals surface area contributed by atoms with E-state index in [-0.39, 0.29) is 7.33 Å². The van der Waals surface area contributed by atoms with Gasteiger partial charge < -0.3 is 5.32 Å². The van der Waals surface area contributed by atoms with Crippen molar-refractivity contribution in [1.29, 1.82) is 0 Å². The number of rotatable bonds is 3. The summed E-state index contributed by atoms with van der Waals surface area (Å²) in [6.07, 6.45) is 3.62. The van der Waals surface area contributed by atoms with Crippen LogP contribution >= 0.6 is 0 Å². The van der Waals surface area contributed by atoms with Crippen molar-refractivity contribution in [2.75, 3.05) is 0 Å². The highest BCUT2D eigenvalue weighted by Crippen LogP contribution is 1.89. The molecule has 0 aromatic carbocycles. The van der Waals surface area contributed by atoms with Gasteiger partial charge in [0.05, 0.1) is 12.2 Å². The Morgan fingerprint density at radius 2 is 2.58 bits per heavy atom. The fourth-order valence-corrected chi connectivity index (χ4v) is 0.737. The van der Waals surface area contributed by atoms with Crippen molar-refractivity contribution < 1.29 is 6.22 Å². The molecule has 0 unspecified atom stereocenters. The average Bonchev–Trinajstić information content (AvgIpc) is 2.16. The van der Waals surface area contributed by atoms with Crippen LogP contribution in [-0.4, -0.2) is 15.9 Å². The molecule has 0 aliphatic heterocycles. The molecular weight excluding hydrogens is 154 g/mol. The highest BCUT2D eigenvalue weighted by atomic mass is 16.1. The Hall–Kier alpha value is -1.45. The van der Waals surface area contributed by atoms with E-state index in [0.717, 1.165) is 5.69 Å². The Balaban J connectivity index is 0.00000144. The van der Waals surface area contributed by atoms with Crippen LogP contribution in [0.1, 0.15) is 20.5 Å². The Labute approximate surface area is 72.5 Å². The molecule has 12 heavy (non-hydrogen) atoms. The highest BCUT2D eigenvalue weighted by molar-refractivity contribution is 5.75. The van der Waals surface area contributed by atoms with E-state index in [1.165, 1.54) is 6.33 Å². The zero-order valence-corrected chi connectivity index (χ0v) is 6.95. The third kappa shape index (κ3) is 2.65. The molecule has 1 amide bonds. The van der Waals surface area contributed by atoms with Gasteiger partial charge in [-0.3, -0.25) is 4.79 Å². The van der Waals surface area contributed by atoms with Crippen LogP contribution < -0.4 is 5.32 Å². The maximum atomic E-state index is 10.8. The normalized spacial score (nSPS) is 9.42.